The highest BCUT2D eigenvalue weighted by molar-refractivity contribution is 5.97. The highest BCUT2D eigenvalue weighted by Gasteiger charge is 2.24. The van der Waals surface area contributed by atoms with Crippen LogP contribution in [0.15, 0.2) is 42.5 Å². The monoisotopic (exact) mass is 396 g/mol. The molecule has 1 N–H and O–H groups in total. The summed E-state index contributed by atoms with van der Waals surface area (Å²) in [4.78, 5) is 26.5. The number of rotatable bonds is 8. The van der Waals surface area contributed by atoms with Crippen LogP contribution in [0.25, 0.3) is 0 Å². The molecule has 1 heterocycles. The van der Waals surface area contributed by atoms with Crippen molar-refractivity contribution in [3.05, 3.63) is 53.6 Å². The van der Waals surface area contributed by atoms with Crippen LogP contribution in [-0.4, -0.2) is 31.6 Å². The highest BCUT2D eigenvalue weighted by atomic mass is 16.5. The van der Waals surface area contributed by atoms with Crippen molar-refractivity contribution in [2.24, 2.45) is 0 Å². The predicted octanol–water partition coefficient (Wildman–Crippen LogP) is 3.61. The van der Waals surface area contributed by atoms with Crippen LogP contribution in [0.3, 0.4) is 0 Å². The van der Waals surface area contributed by atoms with Gasteiger partial charge >= 0.3 is 0 Å². The normalized spacial score (nSPS) is 12.7. The topological polar surface area (TPSA) is 67.9 Å². The van der Waals surface area contributed by atoms with Crippen molar-refractivity contribution in [3.8, 4) is 11.5 Å². The molecule has 0 bridgehead atoms. The summed E-state index contributed by atoms with van der Waals surface area (Å²) in [6.07, 6.45) is 1.30. The van der Waals surface area contributed by atoms with E-state index in [-0.39, 0.29) is 24.7 Å². The van der Waals surface area contributed by atoms with E-state index in [0.29, 0.717) is 32.1 Å². The Morgan fingerprint density at radius 3 is 2.69 bits per heavy atom. The van der Waals surface area contributed by atoms with Crippen LogP contribution in [0, 0.1) is 6.92 Å². The second-order valence-electron chi connectivity index (χ2n) is 7.13. The van der Waals surface area contributed by atoms with Crippen LogP contribution in [0.4, 0.5) is 5.69 Å². The number of nitrogens with one attached hydrogen (secondary N) is 1. The Balaban J connectivity index is 1.46. The molecule has 0 saturated carbocycles. The van der Waals surface area contributed by atoms with Gasteiger partial charge in [0.15, 0.2) is 0 Å². The number of aryl methyl sites for hydroxylation is 1. The van der Waals surface area contributed by atoms with Crippen LogP contribution in [-0.2, 0) is 16.1 Å². The molecule has 6 nitrogen and oxygen atoms in total. The molecule has 6 heteroatoms. The Morgan fingerprint density at radius 2 is 1.93 bits per heavy atom. The number of fused-ring (bicyclic) bond motifs is 1. The highest BCUT2D eigenvalue weighted by Crippen LogP contribution is 2.32. The zero-order valence-corrected chi connectivity index (χ0v) is 17.1. The molecule has 3 rings (SSSR count). The molecular weight excluding hydrogens is 368 g/mol. The number of hydrogen-bond donors (Lipinski definition) is 1. The molecule has 0 radical (unpaired) electrons. The molecule has 1 aliphatic rings. The smallest absolute Gasteiger partial charge is 0.227 e. The average Bonchev–Trinajstić information content (AvgIpc) is 2.74. The molecule has 29 heavy (non-hydrogen) atoms. The fourth-order valence-electron chi connectivity index (χ4n) is 3.15. The minimum Gasteiger partial charge on any atom is -0.494 e. The maximum Gasteiger partial charge on any atom is 0.227 e. The molecule has 0 fully saturated rings. The molecule has 0 unspecified atom stereocenters. The number of carbonyl (C=O) groups excluding carboxylic acids is 2. The van der Waals surface area contributed by atoms with Crippen molar-refractivity contribution in [2.45, 2.75) is 39.7 Å². The second-order valence-corrected chi connectivity index (χ2v) is 7.13. The van der Waals surface area contributed by atoms with Gasteiger partial charge in [-0.2, -0.15) is 0 Å². The van der Waals surface area contributed by atoms with E-state index in [0.717, 1.165) is 29.0 Å². The number of anilines is 1. The van der Waals surface area contributed by atoms with E-state index < -0.39 is 0 Å². The fraction of sp³-hybridized carbons (Fsp3) is 0.391. The largest absolute Gasteiger partial charge is 0.494 e. The summed E-state index contributed by atoms with van der Waals surface area (Å²) in [7, 11) is 0. The first kappa shape index (κ1) is 20.7. The van der Waals surface area contributed by atoms with E-state index in [2.05, 4.69) is 12.2 Å². The minimum absolute atomic E-state index is 0.0623. The number of nitrogens with zero attached hydrogens (tertiary/aromatic N) is 1. The first-order valence-corrected chi connectivity index (χ1v) is 10.1. The Morgan fingerprint density at radius 1 is 1.14 bits per heavy atom. The molecule has 154 valence electrons. The maximum atomic E-state index is 12.7. The molecule has 2 aromatic rings. The number of hydrogen-bond acceptors (Lipinski definition) is 4. The molecule has 0 saturated heterocycles. The summed E-state index contributed by atoms with van der Waals surface area (Å²) in [5.41, 5.74) is 2.84. The summed E-state index contributed by atoms with van der Waals surface area (Å²) in [5, 5.41) is 2.87. The molecule has 0 aromatic heterocycles. The molecule has 0 spiro atoms. The third-order valence-corrected chi connectivity index (χ3v) is 4.73. The Bertz CT molecular complexity index is 848. The standard InChI is InChI=1S/C23H28N2O4/c1-3-13-28-19-7-5-18(6-8-19)16-24-22(26)10-11-23(27)25-12-14-29-21-9-4-17(2)15-20(21)25/h4-9,15H,3,10-14,16H2,1-2H3,(H,24,26). The average molecular weight is 396 g/mol. The third-order valence-electron chi connectivity index (χ3n) is 4.73. The van der Waals surface area contributed by atoms with Gasteiger partial charge in [-0.3, -0.25) is 9.59 Å². The summed E-state index contributed by atoms with van der Waals surface area (Å²) < 4.78 is 11.2. The summed E-state index contributed by atoms with van der Waals surface area (Å²) >= 11 is 0. The van der Waals surface area contributed by atoms with Crippen LogP contribution in [0.2, 0.25) is 0 Å². The van der Waals surface area contributed by atoms with Gasteiger partial charge in [-0.1, -0.05) is 25.1 Å². The van der Waals surface area contributed by atoms with Crippen molar-refractivity contribution in [1.82, 2.24) is 5.32 Å². The van der Waals surface area contributed by atoms with Gasteiger partial charge in [0.25, 0.3) is 0 Å². The van der Waals surface area contributed by atoms with Gasteiger partial charge in [-0.25, -0.2) is 0 Å². The lowest BCUT2D eigenvalue weighted by molar-refractivity contribution is -0.125. The molecular formula is C23H28N2O4. The zero-order chi connectivity index (χ0) is 20.6. The van der Waals surface area contributed by atoms with Crippen molar-refractivity contribution in [2.75, 3.05) is 24.7 Å². The van der Waals surface area contributed by atoms with Gasteiger partial charge in [-0.05, 0) is 48.7 Å². The Hall–Kier alpha value is -3.02. The van der Waals surface area contributed by atoms with E-state index in [1.165, 1.54) is 0 Å². The lowest BCUT2D eigenvalue weighted by Crippen LogP contribution is -2.38. The van der Waals surface area contributed by atoms with Crippen molar-refractivity contribution in [1.29, 1.82) is 0 Å². The maximum absolute atomic E-state index is 12.7. The molecule has 0 atom stereocenters. The van der Waals surface area contributed by atoms with Crippen LogP contribution in [0.5, 0.6) is 11.5 Å². The predicted molar refractivity (Wildman–Crippen MR) is 112 cm³/mol. The molecule has 1 aliphatic heterocycles. The van der Waals surface area contributed by atoms with Gasteiger partial charge in [0.2, 0.25) is 11.8 Å². The zero-order valence-electron chi connectivity index (χ0n) is 17.1. The second kappa shape index (κ2) is 9.96. The summed E-state index contributed by atoms with van der Waals surface area (Å²) in [6.45, 7) is 6.13. The van der Waals surface area contributed by atoms with Gasteiger partial charge < -0.3 is 19.7 Å². The summed E-state index contributed by atoms with van der Waals surface area (Å²) in [6, 6.07) is 13.5. The SMILES string of the molecule is CCCOc1ccc(CNC(=O)CCC(=O)N2CCOc3ccc(C)cc32)cc1. The number of carbonyl (C=O) groups is 2. The van der Waals surface area contributed by atoms with Gasteiger partial charge in [0.05, 0.1) is 18.8 Å². The Kier molecular flexibility index (Phi) is 7.11. The van der Waals surface area contributed by atoms with E-state index in [1.807, 2.05) is 49.4 Å². The molecule has 0 aliphatic carbocycles. The van der Waals surface area contributed by atoms with Gasteiger partial charge in [-0.15, -0.1) is 0 Å². The number of amides is 2. The number of benzene rings is 2. The van der Waals surface area contributed by atoms with Gasteiger partial charge in [0, 0.05) is 19.4 Å². The van der Waals surface area contributed by atoms with Crippen molar-refractivity contribution < 1.29 is 19.1 Å². The van der Waals surface area contributed by atoms with E-state index >= 15 is 0 Å². The third kappa shape index (κ3) is 5.73. The lowest BCUT2D eigenvalue weighted by atomic mass is 10.1. The first-order valence-electron chi connectivity index (χ1n) is 10.1. The quantitative estimate of drug-likeness (QED) is 0.740. The van der Waals surface area contributed by atoms with E-state index in [4.69, 9.17) is 9.47 Å². The summed E-state index contributed by atoms with van der Waals surface area (Å²) in [5.74, 6) is 1.34. The number of ether oxygens (including phenoxy) is 2. The van der Waals surface area contributed by atoms with Crippen molar-refractivity contribution >= 4 is 17.5 Å². The minimum atomic E-state index is -0.137. The van der Waals surface area contributed by atoms with Crippen LogP contribution < -0.4 is 19.7 Å². The molecule has 2 amide bonds. The lowest BCUT2D eigenvalue weighted by Gasteiger charge is -2.30. The first-order chi connectivity index (χ1) is 14.1. The Labute approximate surface area is 171 Å². The van der Waals surface area contributed by atoms with E-state index in [1.54, 1.807) is 4.90 Å². The van der Waals surface area contributed by atoms with E-state index in [9.17, 15) is 9.59 Å². The van der Waals surface area contributed by atoms with Crippen LogP contribution in [0.1, 0.15) is 37.3 Å². The van der Waals surface area contributed by atoms with Crippen molar-refractivity contribution in [3.63, 3.8) is 0 Å². The molecule has 2 aromatic carbocycles. The fourth-order valence-corrected chi connectivity index (χ4v) is 3.15. The van der Waals surface area contributed by atoms with Gasteiger partial charge in [0.1, 0.15) is 18.1 Å². The van der Waals surface area contributed by atoms with Crippen LogP contribution >= 0.6 is 0 Å².